The van der Waals surface area contributed by atoms with Gasteiger partial charge in [-0.15, -0.1) is 0 Å². The van der Waals surface area contributed by atoms with Gasteiger partial charge in [0.15, 0.2) is 6.04 Å². The number of benzene rings is 2. The molecule has 2 aliphatic heterocycles. The number of quaternary nitrogens is 1. The fourth-order valence-corrected chi connectivity index (χ4v) is 4.23. The van der Waals surface area contributed by atoms with Crippen LogP contribution in [0.4, 0.5) is 11.4 Å². The number of anilines is 2. The molecule has 2 N–H and O–H groups in total. The molecule has 0 spiro atoms. The van der Waals surface area contributed by atoms with Gasteiger partial charge in [-0.3, -0.25) is 9.59 Å². The summed E-state index contributed by atoms with van der Waals surface area (Å²) >= 11 is 6.18. The van der Waals surface area contributed by atoms with Crippen molar-refractivity contribution in [2.45, 2.75) is 19.4 Å². The highest BCUT2D eigenvalue weighted by Gasteiger charge is 2.46. The molecule has 0 aliphatic carbocycles. The molecule has 2 aromatic rings. The summed E-state index contributed by atoms with van der Waals surface area (Å²) in [7, 11) is 0. The van der Waals surface area contributed by atoms with Crippen molar-refractivity contribution in [3.05, 3.63) is 53.1 Å². The highest BCUT2D eigenvalue weighted by Crippen LogP contribution is 2.28. The predicted molar refractivity (Wildman–Crippen MR) is 108 cm³/mol. The number of amides is 2. The molecule has 0 saturated carbocycles. The van der Waals surface area contributed by atoms with E-state index in [1.54, 1.807) is 24.3 Å². The molecule has 2 amide bonds. The number of para-hydroxylation sites is 2. The summed E-state index contributed by atoms with van der Waals surface area (Å²) in [5.41, 5.74) is 2.26. The van der Waals surface area contributed by atoms with Crippen LogP contribution in [0.15, 0.2) is 42.5 Å². The summed E-state index contributed by atoms with van der Waals surface area (Å²) in [6, 6.07) is 12.2. The zero-order valence-corrected chi connectivity index (χ0v) is 16.4. The number of hydrogen-bond donors (Lipinski definition) is 2. The zero-order valence-electron chi connectivity index (χ0n) is 15.7. The lowest BCUT2D eigenvalue weighted by Gasteiger charge is -2.35. The quantitative estimate of drug-likeness (QED) is 0.764. The largest absolute Gasteiger partial charge is 0.506 e. The number of nitrogens with one attached hydrogen (secondary N) is 1. The van der Waals surface area contributed by atoms with Gasteiger partial charge in [0.25, 0.3) is 5.91 Å². The number of rotatable bonds is 3. The Kier molecular flexibility index (Phi) is 5.00. The topological polar surface area (TPSA) is 65.3 Å². The van der Waals surface area contributed by atoms with E-state index < -0.39 is 0 Å². The van der Waals surface area contributed by atoms with Gasteiger partial charge in [-0.2, -0.15) is 0 Å². The van der Waals surface area contributed by atoms with Gasteiger partial charge in [0.2, 0.25) is 5.91 Å². The van der Waals surface area contributed by atoms with E-state index in [-0.39, 0.29) is 30.0 Å². The molecule has 6 nitrogen and oxygen atoms in total. The molecule has 4 rings (SSSR count). The number of phenolic OH excluding ortho intramolecular Hbond substituents is 1. The maximum atomic E-state index is 13.0. The first-order chi connectivity index (χ1) is 13.5. The third kappa shape index (κ3) is 3.34. The molecule has 0 radical (unpaired) electrons. The van der Waals surface area contributed by atoms with E-state index in [1.165, 1.54) is 4.90 Å². The standard InChI is InChI=1S/C21H22ClN3O3/c1-14-6-7-15(12-16(14)22)25-20(27)13-18(21(25)28)24-10-8-23(9-11-24)17-4-2-3-5-19(17)26/h2-7,12,18,26H,8-11,13H2,1H3/p+1/t18-/m1/s1. The van der Waals surface area contributed by atoms with Crippen LogP contribution in [0.25, 0.3) is 0 Å². The van der Waals surface area contributed by atoms with Crippen LogP contribution in [0.1, 0.15) is 12.0 Å². The van der Waals surface area contributed by atoms with E-state index in [0.717, 1.165) is 42.3 Å². The molecule has 0 bridgehead atoms. The van der Waals surface area contributed by atoms with Crippen LogP contribution >= 0.6 is 11.6 Å². The Balaban J connectivity index is 1.46. The lowest BCUT2D eigenvalue weighted by Crippen LogP contribution is -3.19. The van der Waals surface area contributed by atoms with Gasteiger partial charge in [-0.25, -0.2) is 4.90 Å². The van der Waals surface area contributed by atoms with Crippen LogP contribution in [0.2, 0.25) is 5.02 Å². The molecular formula is C21H23ClN3O3+. The number of phenols is 1. The van der Waals surface area contributed by atoms with Crippen LogP contribution in [0.5, 0.6) is 5.75 Å². The second-order valence-electron chi connectivity index (χ2n) is 7.39. The number of aryl methyl sites for hydroxylation is 1. The van der Waals surface area contributed by atoms with E-state index in [0.29, 0.717) is 10.7 Å². The third-order valence-corrected chi connectivity index (χ3v) is 6.09. The van der Waals surface area contributed by atoms with Crippen LogP contribution < -0.4 is 14.7 Å². The van der Waals surface area contributed by atoms with Crippen LogP contribution in [-0.4, -0.2) is 49.1 Å². The number of hydrogen-bond acceptors (Lipinski definition) is 4. The molecule has 146 valence electrons. The second-order valence-corrected chi connectivity index (χ2v) is 7.80. The first-order valence-electron chi connectivity index (χ1n) is 9.46. The van der Waals surface area contributed by atoms with Crippen molar-refractivity contribution in [1.82, 2.24) is 0 Å². The Morgan fingerprint density at radius 3 is 2.50 bits per heavy atom. The molecule has 7 heteroatoms. The number of imide groups is 1. The first kappa shape index (κ1) is 18.8. The zero-order chi connectivity index (χ0) is 19.8. The van der Waals surface area contributed by atoms with E-state index in [9.17, 15) is 14.7 Å². The van der Waals surface area contributed by atoms with Crippen molar-refractivity contribution in [1.29, 1.82) is 0 Å². The molecular weight excluding hydrogens is 378 g/mol. The van der Waals surface area contributed by atoms with Crippen molar-refractivity contribution >= 4 is 34.8 Å². The average molecular weight is 401 g/mol. The van der Waals surface area contributed by atoms with Gasteiger partial charge >= 0.3 is 0 Å². The van der Waals surface area contributed by atoms with Crippen molar-refractivity contribution in [3.63, 3.8) is 0 Å². The lowest BCUT2D eigenvalue weighted by molar-refractivity contribution is -0.915. The molecule has 2 saturated heterocycles. The fourth-order valence-electron chi connectivity index (χ4n) is 4.06. The van der Waals surface area contributed by atoms with Crippen molar-refractivity contribution < 1.29 is 19.6 Å². The summed E-state index contributed by atoms with van der Waals surface area (Å²) in [6.45, 7) is 4.81. The molecule has 2 aromatic carbocycles. The highest BCUT2D eigenvalue weighted by atomic mass is 35.5. The first-order valence-corrected chi connectivity index (χ1v) is 9.84. The number of aromatic hydroxyl groups is 1. The maximum absolute atomic E-state index is 13.0. The Hall–Kier alpha value is -2.57. The number of nitrogens with zero attached hydrogens (tertiary/aromatic N) is 2. The molecule has 2 fully saturated rings. The van der Waals surface area contributed by atoms with Crippen LogP contribution in [-0.2, 0) is 9.59 Å². The summed E-state index contributed by atoms with van der Waals surface area (Å²) < 4.78 is 0. The van der Waals surface area contributed by atoms with Gasteiger partial charge < -0.3 is 14.9 Å². The Labute approximate surface area is 168 Å². The van der Waals surface area contributed by atoms with Gasteiger partial charge in [-0.05, 0) is 36.8 Å². The van der Waals surface area contributed by atoms with Gasteiger partial charge in [0.1, 0.15) is 5.75 Å². The monoisotopic (exact) mass is 400 g/mol. The van der Waals surface area contributed by atoms with E-state index in [4.69, 9.17) is 11.6 Å². The summed E-state index contributed by atoms with van der Waals surface area (Å²) in [5, 5.41) is 10.6. The highest BCUT2D eigenvalue weighted by molar-refractivity contribution is 6.32. The third-order valence-electron chi connectivity index (χ3n) is 5.68. The van der Waals surface area contributed by atoms with E-state index in [1.807, 2.05) is 25.1 Å². The Morgan fingerprint density at radius 2 is 1.82 bits per heavy atom. The number of halogens is 1. The minimum Gasteiger partial charge on any atom is -0.506 e. The number of piperazine rings is 1. The maximum Gasteiger partial charge on any atom is 0.292 e. The van der Waals surface area contributed by atoms with E-state index in [2.05, 4.69) is 4.90 Å². The summed E-state index contributed by atoms with van der Waals surface area (Å²) in [4.78, 5) is 30.1. The van der Waals surface area contributed by atoms with Gasteiger partial charge in [0.05, 0.1) is 44.0 Å². The van der Waals surface area contributed by atoms with Crippen molar-refractivity contribution in [3.8, 4) is 5.75 Å². The molecule has 0 unspecified atom stereocenters. The summed E-state index contributed by atoms with van der Waals surface area (Å²) in [6.07, 6.45) is 0.219. The van der Waals surface area contributed by atoms with Crippen LogP contribution in [0.3, 0.4) is 0 Å². The average Bonchev–Trinajstić information content (AvgIpc) is 2.99. The fraction of sp³-hybridized carbons (Fsp3) is 0.333. The van der Waals surface area contributed by atoms with Crippen LogP contribution in [0, 0.1) is 6.92 Å². The van der Waals surface area contributed by atoms with E-state index >= 15 is 0 Å². The molecule has 28 heavy (non-hydrogen) atoms. The smallest absolute Gasteiger partial charge is 0.292 e. The molecule has 1 atom stereocenters. The second kappa shape index (κ2) is 7.45. The Morgan fingerprint density at radius 1 is 1.11 bits per heavy atom. The number of carbonyl (C=O) groups excluding carboxylic acids is 2. The molecule has 0 aromatic heterocycles. The molecule has 2 aliphatic rings. The lowest BCUT2D eigenvalue weighted by atomic mass is 10.1. The predicted octanol–water partition coefficient (Wildman–Crippen LogP) is 1.39. The van der Waals surface area contributed by atoms with Crippen molar-refractivity contribution in [2.24, 2.45) is 0 Å². The number of carbonyl (C=O) groups is 2. The van der Waals surface area contributed by atoms with Gasteiger partial charge in [0, 0.05) is 5.02 Å². The normalized spacial score (nSPS) is 20.9. The summed E-state index contributed by atoms with van der Waals surface area (Å²) in [5.74, 6) is -0.0676. The van der Waals surface area contributed by atoms with Crippen molar-refractivity contribution in [2.75, 3.05) is 36.0 Å². The minimum absolute atomic E-state index is 0.157. The van der Waals surface area contributed by atoms with Gasteiger partial charge in [-0.1, -0.05) is 29.8 Å². The molecule has 2 heterocycles. The Bertz CT molecular complexity index is 925. The SMILES string of the molecule is Cc1ccc(N2C(=O)C[C@@H]([NH+]3CCN(c4ccccc4O)CC3)C2=O)cc1Cl. The minimum atomic E-state index is -0.362.